The lowest BCUT2D eigenvalue weighted by Gasteiger charge is -2.34. The van der Waals surface area contributed by atoms with Crippen molar-refractivity contribution in [3.05, 3.63) is 63.6 Å². The maximum absolute atomic E-state index is 14.1. The molecule has 2 aliphatic heterocycles. The summed E-state index contributed by atoms with van der Waals surface area (Å²) in [6.45, 7) is 1.28. The van der Waals surface area contributed by atoms with E-state index >= 15 is 0 Å². The van der Waals surface area contributed by atoms with Crippen LogP contribution < -0.4 is 4.90 Å². The van der Waals surface area contributed by atoms with Crippen molar-refractivity contribution in [3.63, 3.8) is 0 Å². The van der Waals surface area contributed by atoms with E-state index in [9.17, 15) is 24.8 Å². The molecule has 8 nitrogen and oxygen atoms in total. The fourth-order valence-corrected chi connectivity index (χ4v) is 6.03. The quantitative estimate of drug-likeness (QED) is 0.610. The van der Waals surface area contributed by atoms with E-state index in [0.29, 0.717) is 40.8 Å². The van der Waals surface area contributed by atoms with Crippen molar-refractivity contribution in [2.75, 3.05) is 31.6 Å². The van der Waals surface area contributed by atoms with E-state index in [4.69, 9.17) is 23.2 Å². The van der Waals surface area contributed by atoms with E-state index in [1.807, 2.05) is 12.1 Å². The van der Waals surface area contributed by atoms with Gasteiger partial charge in [-0.15, -0.1) is 0 Å². The molecule has 5 rings (SSSR count). The number of amides is 3. The summed E-state index contributed by atoms with van der Waals surface area (Å²) in [5.74, 6) is -1.92. The van der Waals surface area contributed by atoms with Gasteiger partial charge in [0.25, 0.3) is 5.91 Å². The molecule has 4 atom stereocenters. The fraction of sp³-hybridized carbons (Fsp3) is 0.360. The number of rotatable bonds is 5. The van der Waals surface area contributed by atoms with Gasteiger partial charge in [-0.3, -0.25) is 14.5 Å². The molecule has 2 heterocycles. The first kappa shape index (κ1) is 23.6. The lowest BCUT2D eigenvalue weighted by molar-refractivity contribution is -0.139. The minimum Gasteiger partial charge on any atom is -0.481 e. The maximum atomic E-state index is 14.1. The van der Waals surface area contributed by atoms with Crippen molar-refractivity contribution in [1.82, 2.24) is 9.80 Å². The molecule has 10 heteroatoms. The zero-order valence-electron chi connectivity index (χ0n) is 18.8. The second kappa shape index (κ2) is 8.52. The smallest absolute Gasteiger partial charge is 0.332 e. The van der Waals surface area contributed by atoms with Crippen LogP contribution >= 0.6 is 23.2 Å². The molecular formula is C25H22Cl2N4O4. The highest BCUT2D eigenvalue weighted by Crippen LogP contribution is 2.48. The number of benzene rings is 2. The van der Waals surface area contributed by atoms with Crippen LogP contribution in [0, 0.1) is 23.2 Å². The minimum atomic E-state index is -1.20. The number of carbonyl (C=O) groups excluding carboxylic acids is 2. The van der Waals surface area contributed by atoms with Gasteiger partial charge in [0.05, 0.1) is 23.2 Å². The molecule has 2 saturated heterocycles. The van der Waals surface area contributed by atoms with E-state index in [0.717, 1.165) is 10.5 Å². The van der Waals surface area contributed by atoms with Gasteiger partial charge in [-0.25, -0.2) is 9.69 Å². The molecule has 1 aliphatic carbocycles. The third-order valence-electron chi connectivity index (χ3n) is 7.41. The van der Waals surface area contributed by atoms with E-state index in [1.165, 1.54) is 23.1 Å². The zero-order chi connectivity index (χ0) is 25.1. The lowest BCUT2D eigenvalue weighted by Crippen LogP contribution is -2.53. The Bertz CT molecular complexity index is 1260. The van der Waals surface area contributed by atoms with Crippen LogP contribution in [-0.2, 0) is 9.59 Å². The second-order valence-corrected chi connectivity index (χ2v) is 10.3. The van der Waals surface area contributed by atoms with Crippen LogP contribution in [0.15, 0.2) is 42.5 Å². The Balaban J connectivity index is 1.54. The number of urea groups is 1. The highest BCUT2D eigenvalue weighted by molar-refractivity contribution is 6.35. The number of imide groups is 1. The molecule has 0 bridgehead atoms. The highest BCUT2D eigenvalue weighted by atomic mass is 35.5. The van der Waals surface area contributed by atoms with Gasteiger partial charge in [0.2, 0.25) is 0 Å². The summed E-state index contributed by atoms with van der Waals surface area (Å²) in [6, 6.07) is 13.2. The number of carbonyl (C=O) groups is 3. The Labute approximate surface area is 212 Å². The number of hydrogen-bond acceptors (Lipinski definition) is 5. The number of hydrogen-bond donors (Lipinski definition) is 1. The molecule has 0 radical (unpaired) electrons. The molecule has 35 heavy (non-hydrogen) atoms. The van der Waals surface area contributed by atoms with E-state index < -0.39 is 17.5 Å². The van der Waals surface area contributed by atoms with Gasteiger partial charge < -0.3 is 10.0 Å². The molecule has 4 unspecified atom stereocenters. The molecule has 1 saturated carbocycles. The lowest BCUT2D eigenvalue weighted by atomic mass is 9.80. The number of nitriles is 1. The summed E-state index contributed by atoms with van der Waals surface area (Å²) in [7, 11) is 1.61. The summed E-state index contributed by atoms with van der Waals surface area (Å²) in [6.07, 6.45) is 0.607. The number of aliphatic carboxylic acids is 1. The van der Waals surface area contributed by atoms with Gasteiger partial charge in [-0.2, -0.15) is 5.26 Å². The Morgan fingerprint density at radius 3 is 2.40 bits per heavy atom. The topological polar surface area (TPSA) is 105 Å². The number of nitrogens with zero attached hydrogens (tertiary/aromatic N) is 4. The van der Waals surface area contributed by atoms with Crippen molar-refractivity contribution >= 4 is 46.8 Å². The Morgan fingerprint density at radius 1 is 1.17 bits per heavy atom. The standard InChI is InChI=1S/C25H22Cl2N4O4/c1-29-24(35)31(19-8-17(26)7-18(27)9-19)23(34)25(29)13-30(11-16-6-20(16)22(32)33)12-21(25)15-4-2-14(10-28)3-5-15/h2-5,7-9,16,20-21H,6,11-13H2,1H3,(H,32,33). The van der Waals surface area contributed by atoms with Crippen LogP contribution in [-0.4, -0.2) is 65.0 Å². The average molecular weight is 513 g/mol. The van der Waals surface area contributed by atoms with Crippen molar-refractivity contribution in [3.8, 4) is 6.07 Å². The van der Waals surface area contributed by atoms with Gasteiger partial charge in [0.15, 0.2) is 0 Å². The van der Waals surface area contributed by atoms with Crippen molar-refractivity contribution in [2.24, 2.45) is 11.8 Å². The summed E-state index contributed by atoms with van der Waals surface area (Å²) < 4.78 is 0. The van der Waals surface area contributed by atoms with E-state index in [2.05, 4.69) is 11.0 Å². The first-order chi connectivity index (χ1) is 16.6. The normalized spacial score (nSPS) is 28.1. The Hall–Kier alpha value is -3.12. The molecule has 0 aromatic heterocycles. The Kier molecular flexibility index (Phi) is 5.75. The van der Waals surface area contributed by atoms with Crippen LogP contribution in [0.25, 0.3) is 0 Å². The van der Waals surface area contributed by atoms with E-state index in [1.54, 1.807) is 19.2 Å². The largest absolute Gasteiger partial charge is 0.481 e. The summed E-state index contributed by atoms with van der Waals surface area (Å²) in [5.41, 5.74) is 0.424. The molecule has 1 N–H and O–H groups in total. The van der Waals surface area contributed by atoms with Crippen LogP contribution in [0.4, 0.5) is 10.5 Å². The van der Waals surface area contributed by atoms with Gasteiger partial charge in [-0.1, -0.05) is 35.3 Å². The molecule has 1 spiro atoms. The molecule has 2 aromatic rings. The molecule has 2 aromatic carbocycles. The average Bonchev–Trinajstić information content (AvgIpc) is 3.44. The molecule has 3 fully saturated rings. The molecule has 180 valence electrons. The minimum absolute atomic E-state index is 0.0182. The van der Waals surface area contributed by atoms with Crippen LogP contribution in [0.3, 0.4) is 0 Å². The Morgan fingerprint density at radius 2 is 1.83 bits per heavy atom. The number of anilines is 1. The second-order valence-electron chi connectivity index (χ2n) is 9.46. The number of likely N-dealkylation sites (tertiary alicyclic amines) is 1. The third kappa shape index (κ3) is 3.84. The maximum Gasteiger partial charge on any atom is 0.332 e. The highest BCUT2D eigenvalue weighted by Gasteiger charge is 2.64. The summed E-state index contributed by atoms with van der Waals surface area (Å²) >= 11 is 12.3. The number of likely N-dealkylation sites (N-methyl/N-ethyl adjacent to an activating group) is 1. The summed E-state index contributed by atoms with van der Waals surface area (Å²) in [5, 5.41) is 19.1. The number of carboxylic acids is 1. The van der Waals surface area contributed by atoms with Gasteiger partial charge >= 0.3 is 12.0 Å². The summed E-state index contributed by atoms with van der Waals surface area (Å²) in [4.78, 5) is 43.6. The molecule has 3 amide bonds. The van der Waals surface area contributed by atoms with Crippen LogP contribution in [0.1, 0.15) is 23.5 Å². The predicted molar refractivity (Wildman–Crippen MR) is 129 cm³/mol. The van der Waals surface area contributed by atoms with Crippen LogP contribution in [0.2, 0.25) is 10.0 Å². The molecular weight excluding hydrogens is 491 g/mol. The van der Waals surface area contributed by atoms with Crippen molar-refractivity contribution in [1.29, 1.82) is 5.26 Å². The number of halogens is 2. The molecule has 3 aliphatic rings. The van der Waals surface area contributed by atoms with Gasteiger partial charge in [0, 0.05) is 42.6 Å². The van der Waals surface area contributed by atoms with Crippen molar-refractivity contribution < 1.29 is 19.5 Å². The first-order valence-electron chi connectivity index (χ1n) is 11.2. The van der Waals surface area contributed by atoms with Gasteiger partial charge in [-0.05, 0) is 48.2 Å². The third-order valence-corrected chi connectivity index (χ3v) is 7.85. The fourth-order valence-electron chi connectivity index (χ4n) is 5.52. The van der Waals surface area contributed by atoms with E-state index in [-0.39, 0.29) is 30.2 Å². The van der Waals surface area contributed by atoms with Crippen LogP contribution in [0.5, 0.6) is 0 Å². The SMILES string of the molecule is CN1C(=O)N(c2cc(Cl)cc(Cl)c2)C(=O)C12CN(CC1CC1C(=O)O)CC2c1ccc(C#N)cc1. The van der Waals surface area contributed by atoms with Gasteiger partial charge in [0.1, 0.15) is 5.54 Å². The monoisotopic (exact) mass is 512 g/mol. The van der Waals surface area contributed by atoms with Crippen molar-refractivity contribution in [2.45, 2.75) is 17.9 Å². The predicted octanol–water partition coefficient (Wildman–Crippen LogP) is 3.82. The number of carboxylic acid groups (broad SMARTS) is 1. The zero-order valence-corrected chi connectivity index (χ0v) is 20.3. The first-order valence-corrected chi connectivity index (χ1v) is 11.9.